The molecule has 2 aliphatic heterocycles. The highest BCUT2D eigenvalue weighted by Crippen LogP contribution is 2.42. The maximum Gasteiger partial charge on any atom is 0.259 e. The Balaban J connectivity index is 1.30. The van der Waals surface area contributed by atoms with Gasteiger partial charge in [-0.25, -0.2) is 17.2 Å². The van der Waals surface area contributed by atoms with Gasteiger partial charge in [0.05, 0.1) is 4.90 Å². The molecule has 2 aliphatic rings. The number of carbonyl (C=O) groups excluding carboxylic acids is 1. The molecular formula is C26H25ClF2N2O3S. The highest BCUT2D eigenvalue weighted by Gasteiger charge is 2.45. The molecule has 2 fully saturated rings. The summed E-state index contributed by atoms with van der Waals surface area (Å²) in [6.07, 6.45) is 1.83. The summed E-state index contributed by atoms with van der Waals surface area (Å²) >= 11 is 6.22. The SMILES string of the molecule is Cc1ccc(F)c(C(=O)N2CCC3(CC2)CCN(S(=O)(=O)c2ccc4c(Cl)cccc4c2)C3)c1F. The van der Waals surface area contributed by atoms with Crippen molar-refractivity contribution in [3.63, 3.8) is 0 Å². The largest absolute Gasteiger partial charge is 0.338 e. The molecule has 2 saturated heterocycles. The summed E-state index contributed by atoms with van der Waals surface area (Å²) in [7, 11) is -3.70. The number of amides is 1. The average Bonchev–Trinajstić information content (AvgIpc) is 3.26. The van der Waals surface area contributed by atoms with Gasteiger partial charge in [0.1, 0.15) is 17.2 Å². The van der Waals surface area contributed by atoms with E-state index in [1.165, 1.54) is 22.2 Å². The van der Waals surface area contributed by atoms with Gasteiger partial charge in [0.15, 0.2) is 0 Å². The van der Waals surface area contributed by atoms with Crippen molar-refractivity contribution in [1.82, 2.24) is 9.21 Å². The maximum atomic E-state index is 14.5. The van der Waals surface area contributed by atoms with Gasteiger partial charge in [0.2, 0.25) is 10.0 Å². The molecule has 0 aliphatic carbocycles. The van der Waals surface area contributed by atoms with Crippen LogP contribution in [-0.4, -0.2) is 49.7 Å². The van der Waals surface area contributed by atoms with Crippen molar-refractivity contribution in [2.45, 2.75) is 31.1 Å². The van der Waals surface area contributed by atoms with Crippen LogP contribution in [0.15, 0.2) is 53.4 Å². The second kappa shape index (κ2) is 8.84. The van der Waals surface area contributed by atoms with Gasteiger partial charge in [-0.15, -0.1) is 0 Å². The van der Waals surface area contributed by atoms with Crippen molar-refractivity contribution in [3.05, 3.63) is 76.3 Å². The molecule has 184 valence electrons. The van der Waals surface area contributed by atoms with Gasteiger partial charge >= 0.3 is 0 Å². The maximum absolute atomic E-state index is 14.5. The predicted molar refractivity (Wildman–Crippen MR) is 131 cm³/mol. The number of halogens is 3. The molecule has 1 amide bonds. The van der Waals surface area contributed by atoms with E-state index in [-0.39, 0.29) is 15.9 Å². The summed E-state index contributed by atoms with van der Waals surface area (Å²) in [5.74, 6) is -2.35. The van der Waals surface area contributed by atoms with Crippen LogP contribution in [0.25, 0.3) is 10.8 Å². The molecule has 0 aromatic heterocycles. The van der Waals surface area contributed by atoms with Crippen molar-refractivity contribution in [1.29, 1.82) is 0 Å². The summed E-state index contributed by atoms with van der Waals surface area (Å²) < 4.78 is 57.0. The summed E-state index contributed by atoms with van der Waals surface area (Å²) in [5, 5.41) is 2.12. The first kappa shape index (κ1) is 24.2. The lowest BCUT2D eigenvalue weighted by Gasteiger charge is -2.39. The number of nitrogens with zero attached hydrogens (tertiary/aromatic N) is 2. The van der Waals surface area contributed by atoms with Crippen molar-refractivity contribution < 1.29 is 22.0 Å². The lowest BCUT2D eigenvalue weighted by Crippen LogP contribution is -2.45. The van der Waals surface area contributed by atoms with Crippen LogP contribution >= 0.6 is 11.6 Å². The normalized spacial score (nSPS) is 18.5. The van der Waals surface area contributed by atoms with Crippen molar-refractivity contribution in [3.8, 4) is 0 Å². The van der Waals surface area contributed by atoms with Gasteiger partial charge in [0.25, 0.3) is 5.91 Å². The number of benzene rings is 3. The summed E-state index contributed by atoms with van der Waals surface area (Å²) in [6, 6.07) is 12.8. The quantitative estimate of drug-likeness (QED) is 0.466. The Morgan fingerprint density at radius 3 is 2.46 bits per heavy atom. The van der Waals surface area contributed by atoms with E-state index in [2.05, 4.69) is 0 Å². The second-order valence-corrected chi connectivity index (χ2v) is 11.9. The molecule has 35 heavy (non-hydrogen) atoms. The van der Waals surface area contributed by atoms with E-state index in [0.717, 1.165) is 16.8 Å². The Morgan fingerprint density at radius 1 is 1.00 bits per heavy atom. The molecule has 9 heteroatoms. The molecule has 0 N–H and O–H groups in total. The highest BCUT2D eigenvalue weighted by atomic mass is 35.5. The number of rotatable bonds is 3. The van der Waals surface area contributed by atoms with Crippen LogP contribution in [0.5, 0.6) is 0 Å². The number of piperidine rings is 1. The molecule has 5 nitrogen and oxygen atoms in total. The third-order valence-corrected chi connectivity index (χ3v) is 9.62. The fourth-order valence-electron chi connectivity index (χ4n) is 5.23. The molecule has 3 aromatic rings. The number of hydrogen-bond donors (Lipinski definition) is 0. The van der Waals surface area contributed by atoms with Crippen LogP contribution < -0.4 is 0 Å². The topological polar surface area (TPSA) is 57.7 Å². The highest BCUT2D eigenvalue weighted by molar-refractivity contribution is 7.89. The van der Waals surface area contributed by atoms with Crippen molar-refractivity contribution in [2.75, 3.05) is 26.2 Å². The van der Waals surface area contributed by atoms with Crippen LogP contribution in [-0.2, 0) is 10.0 Å². The minimum absolute atomic E-state index is 0.218. The smallest absolute Gasteiger partial charge is 0.259 e. The average molecular weight is 519 g/mol. The lowest BCUT2D eigenvalue weighted by atomic mass is 9.77. The fourth-order valence-corrected chi connectivity index (χ4v) is 7.07. The fraction of sp³-hybridized carbons (Fsp3) is 0.346. The first-order valence-electron chi connectivity index (χ1n) is 11.5. The molecule has 3 aromatic carbocycles. The zero-order valence-electron chi connectivity index (χ0n) is 19.2. The Bertz CT molecular complexity index is 1440. The summed E-state index contributed by atoms with van der Waals surface area (Å²) in [6.45, 7) is 2.90. The summed E-state index contributed by atoms with van der Waals surface area (Å²) in [4.78, 5) is 14.6. The van der Waals surface area contributed by atoms with Gasteiger partial charge in [0, 0.05) is 36.6 Å². The Hall–Kier alpha value is -2.55. The third-order valence-electron chi connectivity index (χ3n) is 7.45. The molecular weight excluding hydrogens is 494 g/mol. The van der Waals surface area contributed by atoms with Gasteiger partial charge in [-0.3, -0.25) is 4.79 Å². The minimum Gasteiger partial charge on any atom is -0.338 e. The van der Waals surface area contributed by atoms with E-state index in [1.54, 1.807) is 30.3 Å². The van der Waals surface area contributed by atoms with Crippen LogP contribution in [0.4, 0.5) is 8.78 Å². The minimum atomic E-state index is -3.70. The second-order valence-electron chi connectivity index (χ2n) is 9.56. The van der Waals surface area contributed by atoms with Gasteiger partial charge < -0.3 is 4.90 Å². The predicted octanol–water partition coefficient (Wildman–Crippen LogP) is 5.40. The first-order chi connectivity index (χ1) is 16.6. The molecule has 5 rings (SSSR count). The Labute approximate surface area is 208 Å². The van der Waals surface area contributed by atoms with E-state index in [9.17, 15) is 22.0 Å². The zero-order chi connectivity index (χ0) is 25.0. The molecule has 0 unspecified atom stereocenters. The number of hydrogen-bond acceptors (Lipinski definition) is 3. The number of likely N-dealkylation sites (tertiary alicyclic amines) is 1. The number of sulfonamides is 1. The number of fused-ring (bicyclic) bond motifs is 1. The van der Waals surface area contributed by atoms with Gasteiger partial charge in [-0.2, -0.15) is 4.31 Å². The zero-order valence-corrected chi connectivity index (χ0v) is 20.8. The monoisotopic (exact) mass is 518 g/mol. The van der Waals surface area contributed by atoms with Gasteiger partial charge in [-0.05, 0) is 66.8 Å². The lowest BCUT2D eigenvalue weighted by molar-refractivity contribution is 0.0590. The standard InChI is InChI=1S/C26H25ClF2N2O3S/c1-17-5-8-22(28)23(24(17)29)25(32)30-12-9-26(10-13-30)11-14-31(16-26)35(33,34)19-6-7-20-18(15-19)3-2-4-21(20)27/h2-8,15H,9-14,16H2,1H3. The number of aryl methyl sites for hydroxylation is 1. The Kier molecular flexibility index (Phi) is 6.10. The third kappa shape index (κ3) is 4.21. The number of carbonyl (C=O) groups is 1. The van der Waals surface area contributed by atoms with Crippen LogP contribution in [0, 0.1) is 24.0 Å². The first-order valence-corrected chi connectivity index (χ1v) is 13.4. The van der Waals surface area contributed by atoms with E-state index >= 15 is 0 Å². The summed E-state index contributed by atoms with van der Waals surface area (Å²) in [5.41, 5.74) is -0.558. The van der Waals surface area contributed by atoms with E-state index in [0.29, 0.717) is 50.5 Å². The molecule has 0 bridgehead atoms. The van der Waals surface area contributed by atoms with E-state index in [1.807, 2.05) is 6.07 Å². The molecule has 1 spiro atoms. The van der Waals surface area contributed by atoms with Crippen molar-refractivity contribution in [2.24, 2.45) is 5.41 Å². The molecule has 2 heterocycles. The van der Waals surface area contributed by atoms with Crippen LogP contribution in [0.3, 0.4) is 0 Å². The van der Waals surface area contributed by atoms with Crippen LogP contribution in [0.1, 0.15) is 35.2 Å². The van der Waals surface area contributed by atoms with Gasteiger partial charge in [-0.1, -0.05) is 35.9 Å². The van der Waals surface area contributed by atoms with Crippen molar-refractivity contribution >= 4 is 38.3 Å². The Morgan fingerprint density at radius 2 is 1.71 bits per heavy atom. The van der Waals surface area contributed by atoms with E-state index < -0.39 is 33.1 Å². The molecule has 0 saturated carbocycles. The van der Waals surface area contributed by atoms with Crippen LogP contribution in [0.2, 0.25) is 5.02 Å². The van der Waals surface area contributed by atoms with E-state index in [4.69, 9.17) is 11.6 Å². The molecule has 0 radical (unpaired) electrons. The molecule has 0 atom stereocenters.